The van der Waals surface area contributed by atoms with E-state index < -0.39 is 27.4 Å². The fourth-order valence-corrected chi connectivity index (χ4v) is 6.69. The van der Waals surface area contributed by atoms with Crippen LogP contribution < -0.4 is 10.4 Å². The van der Waals surface area contributed by atoms with Gasteiger partial charge >= 0.3 is 0 Å². The molecule has 0 amide bonds. The van der Waals surface area contributed by atoms with Crippen LogP contribution in [0.1, 0.15) is 20.7 Å². The fraction of sp³-hybridized carbons (Fsp3) is 0.176. The lowest BCUT2D eigenvalue weighted by molar-refractivity contribution is 0.107. The Balaban J connectivity index is 0.000000260. The van der Waals surface area contributed by atoms with Crippen molar-refractivity contribution in [3.8, 4) is 0 Å². The molecule has 0 radical (unpaired) electrons. The predicted molar refractivity (Wildman–Crippen MR) is 120 cm³/mol. The lowest BCUT2D eigenvalue weighted by Gasteiger charge is -2.15. The maximum absolute atomic E-state index is 11.0. The first-order chi connectivity index (χ1) is 12.0. The van der Waals surface area contributed by atoms with Crippen molar-refractivity contribution in [1.82, 2.24) is 0 Å². The van der Waals surface area contributed by atoms with E-state index in [0.29, 0.717) is 11.1 Å². The van der Waals surface area contributed by atoms with Gasteiger partial charge < -0.3 is 0 Å². The molecule has 2 nitrogen and oxygen atoms in total. The molecule has 0 heterocycles. The van der Waals surface area contributed by atoms with Crippen molar-refractivity contribution in [1.29, 1.82) is 0 Å². The molecule has 0 aliphatic heterocycles. The second kappa shape index (κ2) is 10.9. The van der Waals surface area contributed by atoms with Gasteiger partial charge in [-0.25, -0.2) is 0 Å². The lowest BCUT2D eigenvalue weighted by atomic mass is 10.2. The van der Waals surface area contributed by atoms with Crippen molar-refractivity contribution >= 4 is 95.2 Å². The minimum absolute atomic E-state index is 0.378. The molecule has 0 unspecified atom stereocenters. The number of alkyl halides is 2. The molecule has 140 valence electrons. The van der Waals surface area contributed by atoms with Gasteiger partial charge in [-0.15, -0.1) is 23.2 Å². The van der Waals surface area contributed by atoms with Gasteiger partial charge in [0.05, 0.1) is 14.0 Å². The summed E-state index contributed by atoms with van der Waals surface area (Å²) in [5.41, 5.74) is 1.07. The van der Waals surface area contributed by atoms with Crippen LogP contribution in [-0.2, 0) is 0 Å². The van der Waals surface area contributed by atoms with E-state index in [1.807, 2.05) is 37.4 Å². The van der Waals surface area contributed by atoms with Gasteiger partial charge in [-0.1, -0.05) is 66.8 Å². The molecule has 0 saturated heterocycles. The van der Waals surface area contributed by atoms with E-state index in [-0.39, 0.29) is 4.46 Å². The molecular weight excluding hydrogens is 470 g/mol. The number of benzene rings is 2. The van der Waals surface area contributed by atoms with Crippen LogP contribution in [0.25, 0.3) is 0 Å². The largest absolute Gasteiger partial charge is 0.276 e. The molecule has 0 saturated carbocycles. The SMILES string of the molecule is C[Si](C)(Cl)c1ccccc1C(=O)Cl.O=C(Cl)c1ccccc1[SiH2]C(Cl)Cl. The summed E-state index contributed by atoms with van der Waals surface area (Å²) in [6.07, 6.45) is 0. The zero-order valence-electron chi connectivity index (χ0n) is 14.1. The lowest BCUT2D eigenvalue weighted by Crippen LogP contribution is -2.38. The van der Waals surface area contributed by atoms with Gasteiger partial charge in [0.2, 0.25) is 0 Å². The molecular formula is C17H17Cl5O2Si2. The molecule has 0 N–H and O–H groups in total. The highest BCUT2D eigenvalue weighted by Gasteiger charge is 2.25. The Kier molecular flexibility index (Phi) is 9.90. The van der Waals surface area contributed by atoms with E-state index in [1.165, 1.54) is 0 Å². The van der Waals surface area contributed by atoms with Gasteiger partial charge in [-0.2, -0.15) is 11.1 Å². The topological polar surface area (TPSA) is 34.1 Å². The standard InChI is InChI=1S/C9H10Cl2OSi.C8H7Cl3OSi/c1-13(2,11)8-6-4-3-5-7(8)9(10)12;9-7(12)5-3-1-2-4-6(5)13-8(10)11/h3-6H,1-2H3;1-4,8H,13H2. The molecule has 0 spiro atoms. The number of halogens is 5. The van der Waals surface area contributed by atoms with Crippen molar-refractivity contribution in [2.75, 3.05) is 0 Å². The third kappa shape index (κ3) is 7.73. The van der Waals surface area contributed by atoms with Gasteiger partial charge in [0.25, 0.3) is 10.5 Å². The molecule has 2 aromatic carbocycles. The van der Waals surface area contributed by atoms with E-state index >= 15 is 0 Å². The summed E-state index contributed by atoms with van der Waals surface area (Å²) in [4.78, 5) is 22.0. The predicted octanol–water partition coefficient (Wildman–Crippen LogP) is 4.34. The molecule has 0 fully saturated rings. The van der Waals surface area contributed by atoms with Crippen LogP contribution in [-0.4, -0.2) is 31.8 Å². The van der Waals surface area contributed by atoms with Crippen LogP contribution in [0.15, 0.2) is 48.5 Å². The zero-order chi connectivity index (χ0) is 19.9. The monoisotopic (exact) mass is 484 g/mol. The molecule has 0 aliphatic carbocycles. The van der Waals surface area contributed by atoms with Crippen LogP contribution in [0.4, 0.5) is 0 Å². The molecule has 9 heteroatoms. The highest BCUT2D eigenvalue weighted by molar-refractivity contribution is 7.26. The van der Waals surface area contributed by atoms with Crippen molar-refractivity contribution in [2.45, 2.75) is 17.6 Å². The summed E-state index contributed by atoms with van der Waals surface area (Å²) in [6.45, 7) is 3.93. The van der Waals surface area contributed by atoms with Gasteiger partial charge in [-0.05, 0) is 28.4 Å². The molecule has 0 bridgehead atoms. The maximum atomic E-state index is 11.0. The Bertz CT molecular complexity index is 776. The van der Waals surface area contributed by atoms with Gasteiger partial charge in [0, 0.05) is 11.1 Å². The second-order valence-corrected chi connectivity index (χ2v) is 17.1. The first kappa shape index (κ1) is 23.7. The highest BCUT2D eigenvalue weighted by Crippen LogP contribution is 2.13. The summed E-state index contributed by atoms with van der Waals surface area (Å²) < 4.78 is -0.378. The molecule has 2 rings (SSSR count). The highest BCUT2D eigenvalue weighted by atomic mass is 35.6. The third-order valence-corrected chi connectivity index (χ3v) is 8.41. The van der Waals surface area contributed by atoms with Crippen LogP contribution in [0, 0.1) is 0 Å². The summed E-state index contributed by atoms with van der Waals surface area (Å²) in [7, 11) is -2.80. The average Bonchev–Trinajstić information content (AvgIpc) is 2.54. The summed E-state index contributed by atoms with van der Waals surface area (Å²) in [5.74, 6) is 0. The zero-order valence-corrected chi connectivity index (χ0v) is 20.3. The number of carbonyl (C=O) groups excluding carboxylic acids is 2. The minimum Gasteiger partial charge on any atom is -0.276 e. The third-order valence-electron chi connectivity index (χ3n) is 3.38. The van der Waals surface area contributed by atoms with Crippen LogP contribution in [0.2, 0.25) is 13.1 Å². The number of hydrogen-bond acceptors (Lipinski definition) is 2. The Morgan fingerprint density at radius 2 is 1.35 bits per heavy atom. The summed E-state index contributed by atoms with van der Waals surface area (Å²) in [6, 6.07) is 14.4. The van der Waals surface area contributed by atoms with E-state index in [0.717, 1.165) is 10.4 Å². The Labute approximate surface area is 181 Å². The molecule has 0 atom stereocenters. The van der Waals surface area contributed by atoms with Crippen molar-refractivity contribution in [3.63, 3.8) is 0 Å². The maximum Gasteiger partial charge on any atom is 0.252 e. The fourth-order valence-electron chi connectivity index (χ4n) is 2.23. The quantitative estimate of drug-likeness (QED) is 0.273. The minimum atomic E-state index is -1.97. The Morgan fingerprint density at radius 3 is 1.77 bits per heavy atom. The van der Waals surface area contributed by atoms with Crippen LogP contribution in [0.3, 0.4) is 0 Å². The van der Waals surface area contributed by atoms with E-state index in [2.05, 4.69) is 0 Å². The van der Waals surface area contributed by atoms with Crippen molar-refractivity contribution in [3.05, 3.63) is 59.7 Å². The Morgan fingerprint density at radius 1 is 0.885 bits per heavy atom. The second-order valence-electron chi connectivity index (χ2n) is 5.82. The summed E-state index contributed by atoms with van der Waals surface area (Å²) in [5, 5.41) is 0.933. The van der Waals surface area contributed by atoms with E-state index in [1.54, 1.807) is 24.3 Å². The number of rotatable bonds is 5. The summed E-state index contributed by atoms with van der Waals surface area (Å²) >= 11 is 28.4. The Hall–Kier alpha value is -0.336. The molecule has 0 aliphatic rings. The van der Waals surface area contributed by atoms with Gasteiger partial charge in [0.15, 0.2) is 7.38 Å². The first-order valence-corrected chi connectivity index (χ1v) is 14.7. The molecule has 2 aromatic rings. The van der Waals surface area contributed by atoms with Crippen molar-refractivity contribution in [2.24, 2.45) is 0 Å². The number of hydrogen-bond donors (Lipinski definition) is 0. The van der Waals surface area contributed by atoms with E-state index in [9.17, 15) is 9.59 Å². The smallest absolute Gasteiger partial charge is 0.252 e. The average molecular weight is 487 g/mol. The normalized spacial score (nSPS) is 11.4. The van der Waals surface area contributed by atoms with Crippen LogP contribution >= 0.6 is 57.5 Å². The first-order valence-electron chi connectivity index (χ1n) is 7.58. The number of carbonyl (C=O) groups is 2. The van der Waals surface area contributed by atoms with Gasteiger partial charge in [-0.3, -0.25) is 9.59 Å². The van der Waals surface area contributed by atoms with Crippen LogP contribution in [0.5, 0.6) is 0 Å². The van der Waals surface area contributed by atoms with Crippen molar-refractivity contribution < 1.29 is 9.59 Å². The van der Waals surface area contributed by atoms with Gasteiger partial charge in [0.1, 0.15) is 0 Å². The molecule has 26 heavy (non-hydrogen) atoms. The van der Waals surface area contributed by atoms with E-state index in [4.69, 9.17) is 57.5 Å². The molecule has 0 aromatic heterocycles.